The fraction of sp³-hybridized carbons (Fsp3) is 0.417. The van der Waals surface area contributed by atoms with E-state index in [9.17, 15) is 14.9 Å². The van der Waals surface area contributed by atoms with Gasteiger partial charge in [0.1, 0.15) is 0 Å². The Morgan fingerprint density at radius 3 is 2.94 bits per heavy atom. The Hall–Kier alpha value is -1.62. The summed E-state index contributed by atoms with van der Waals surface area (Å²) >= 11 is 5.84. The van der Waals surface area contributed by atoms with Crippen molar-refractivity contribution in [2.75, 3.05) is 6.61 Å². The van der Waals surface area contributed by atoms with Gasteiger partial charge in [-0.1, -0.05) is 11.6 Å². The van der Waals surface area contributed by atoms with E-state index < -0.39 is 4.92 Å². The molecule has 6 heteroatoms. The van der Waals surface area contributed by atoms with E-state index in [1.54, 1.807) is 13.0 Å². The molecule has 0 unspecified atom stereocenters. The second-order valence-corrected chi connectivity index (χ2v) is 4.60. The van der Waals surface area contributed by atoms with Crippen LogP contribution in [0.3, 0.4) is 0 Å². The predicted molar refractivity (Wildman–Crippen MR) is 65.6 cm³/mol. The monoisotopic (exact) mass is 269 g/mol. The lowest BCUT2D eigenvalue weighted by Crippen LogP contribution is -2.07. The van der Waals surface area contributed by atoms with Crippen molar-refractivity contribution in [3.05, 3.63) is 38.9 Å². The first-order chi connectivity index (χ1) is 8.54. The van der Waals surface area contributed by atoms with Crippen molar-refractivity contribution in [2.24, 2.45) is 5.92 Å². The van der Waals surface area contributed by atoms with Gasteiger partial charge in [0, 0.05) is 22.6 Å². The molecule has 1 saturated carbocycles. The molecule has 1 aliphatic rings. The summed E-state index contributed by atoms with van der Waals surface area (Å²) < 4.78 is 4.91. The van der Waals surface area contributed by atoms with E-state index >= 15 is 0 Å². The van der Waals surface area contributed by atoms with Crippen LogP contribution in [0.2, 0.25) is 5.02 Å². The van der Waals surface area contributed by atoms with Gasteiger partial charge in [0.2, 0.25) is 0 Å². The third-order valence-electron chi connectivity index (χ3n) is 2.97. The number of esters is 1. The minimum absolute atomic E-state index is 0.0104. The summed E-state index contributed by atoms with van der Waals surface area (Å²) in [6, 6.07) is 4.41. The van der Waals surface area contributed by atoms with Crippen molar-refractivity contribution in [3.8, 4) is 0 Å². The highest BCUT2D eigenvalue weighted by atomic mass is 35.5. The molecule has 0 bridgehead atoms. The highest BCUT2D eigenvalue weighted by Gasteiger charge is 2.47. The van der Waals surface area contributed by atoms with E-state index in [1.807, 2.05) is 0 Å². The average molecular weight is 270 g/mol. The molecule has 18 heavy (non-hydrogen) atoms. The minimum Gasteiger partial charge on any atom is -0.466 e. The first kappa shape index (κ1) is 12.8. The number of hydrogen-bond donors (Lipinski definition) is 0. The van der Waals surface area contributed by atoms with Crippen molar-refractivity contribution >= 4 is 23.3 Å². The van der Waals surface area contributed by atoms with Gasteiger partial charge in [0.25, 0.3) is 5.69 Å². The lowest BCUT2D eigenvalue weighted by molar-refractivity contribution is -0.385. The largest absolute Gasteiger partial charge is 0.466 e. The number of nitro groups is 1. The Kier molecular flexibility index (Phi) is 3.52. The van der Waals surface area contributed by atoms with Crippen molar-refractivity contribution in [1.82, 2.24) is 0 Å². The maximum absolute atomic E-state index is 11.5. The quantitative estimate of drug-likeness (QED) is 0.479. The number of ether oxygens (including phenoxy) is 1. The molecule has 0 N–H and O–H groups in total. The SMILES string of the molecule is CCOC(=O)[C@H]1C[C@@H]1c1cc(Cl)ccc1[N+](=O)[O-]. The molecule has 0 aliphatic heterocycles. The van der Waals surface area contributed by atoms with Crippen LogP contribution in [0.5, 0.6) is 0 Å². The summed E-state index contributed by atoms with van der Waals surface area (Å²) in [5.41, 5.74) is 0.529. The minimum atomic E-state index is -0.452. The topological polar surface area (TPSA) is 69.4 Å². The van der Waals surface area contributed by atoms with Gasteiger partial charge < -0.3 is 4.74 Å². The van der Waals surface area contributed by atoms with Crippen molar-refractivity contribution in [2.45, 2.75) is 19.3 Å². The van der Waals surface area contributed by atoms with Gasteiger partial charge in [-0.15, -0.1) is 0 Å². The van der Waals surface area contributed by atoms with Gasteiger partial charge in [-0.25, -0.2) is 0 Å². The van der Waals surface area contributed by atoms with Gasteiger partial charge in [0.15, 0.2) is 0 Å². The molecule has 1 aliphatic carbocycles. The Labute approximate surface area is 109 Å². The van der Waals surface area contributed by atoms with Crippen LogP contribution in [0.4, 0.5) is 5.69 Å². The maximum Gasteiger partial charge on any atom is 0.309 e. The highest BCUT2D eigenvalue weighted by Crippen LogP contribution is 2.51. The molecule has 2 rings (SSSR count). The zero-order chi connectivity index (χ0) is 13.3. The second-order valence-electron chi connectivity index (χ2n) is 4.16. The van der Waals surface area contributed by atoms with Crippen LogP contribution in [0.25, 0.3) is 0 Å². The summed E-state index contributed by atoms with van der Waals surface area (Å²) in [6.07, 6.45) is 0.583. The molecule has 1 aromatic rings. The fourth-order valence-corrected chi connectivity index (χ4v) is 2.22. The van der Waals surface area contributed by atoms with E-state index in [-0.39, 0.29) is 23.5 Å². The summed E-state index contributed by atoms with van der Waals surface area (Å²) in [4.78, 5) is 22.0. The Balaban J connectivity index is 2.22. The van der Waals surface area contributed by atoms with Gasteiger partial charge in [-0.3, -0.25) is 14.9 Å². The molecule has 0 radical (unpaired) electrons. The van der Waals surface area contributed by atoms with Crippen LogP contribution in [-0.4, -0.2) is 17.5 Å². The number of carbonyl (C=O) groups is 1. The number of carbonyl (C=O) groups excluding carboxylic acids is 1. The second kappa shape index (κ2) is 4.94. The maximum atomic E-state index is 11.5. The molecule has 0 aromatic heterocycles. The molecule has 0 heterocycles. The summed E-state index contributed by atoms with van der Waals surface area (Å²) in [5.74, 6) is -0.720. The Bertz CT molecular complexity index is 503. The van der Waals surface area contributed by atoms with Gasteiger partial charge in [-0.2, -0.15) is 0 Å². The molecule has 0 saturated heterocycles. The molecule has 2 atom stereocenters. The van der Waals surface area contributed by atoms with E-state index in [0.29, 0.717) is 23.6 Å². The molecular formula is C12H12ClNO4. The number of rotatable bonds is 4. The van der Waals surface area contributed by atoms with E-state index in [1.165, 1.54) is 12.1 Å². The third kappa shape index (κ3) is 2.46. The average Bonchev–Trinajstić information content (AvgIpc) is 3.08. The molecule has 0 spiro atoms. The van der Waals surface area contributed by atoms with Crippen molar-refractivity contribution in [1.29, 1.82) is 0 Å². The lowest BCUT2D eigenvalue weighted by atomic mass is 10.1. The summed E-state index contributed by atoms with van der Waals surface area (Å²) in [5, 5.41) is 11.3. The normalized spacial score (nSPS) is 21.4. The van der Waals surface area contributed by atoms with Crippen LogP contribution >= 0.6 is 11.6 Å². The standard InChI is InChI=1S/C12H12ClNO4/c1-2-18-12(15)10-6-8(10)9-5-7(13)3-4-11(9)14(16)17/h3-5,8,10H,2,6H2,1H3/t8-,10+/m1/s1. The van der Waals surface area contributed by atoms with Gasteiger partial charge in [-0.05, 0) is 25.5 Å². The highest BCUT2D eigenvalue weighted by molar-refractivity contribution is 6.30. The molecule has 0 amide bonds. The van der Waals surface area contributed by atoms with Crippen LogP contribution < -0.4 is 0 Å². The number of nitrogens with zero attached hydrogens (tertiary/aromatic N) is 1. The zero-order valence-electron chi connectivity index (χ0n) is 9.76. The van der Waals surface area contributed by atoms with Gasteiger partial charge in [0.05, 0.1) is 17.4 Å². The zero-order valence-corrected chi connectivity index (χ0v) is 10.5. The number of halogens is 1. The van der Waals surface area contributed by atoms with Crippen molar-refractivity contribution in [3.63, 3.8) is 0 Å². The fourth-order valence-electron chi connectivity index (χ4n) is 2.04. The van der Waals surface area contributed by atoms with E-state index in [0.717, 1.165) is 0 Å². The van der Waals surface area contributed by atoms with Gasteiger partial charge >= 0.3 is 5.97 Å². The summed E-state index contributed by atoms with van der Waals surface area (Å²) in [6.45, 7) is 2.05. The first-order valence-corrected chi connectivity index (χ1v) is 6.02. The lowest BCUT2D eigenvalue weighted by Gasteiger charge is -2.03. The van der Waals surface area contributed by atoms with Crippen LogP contribution in [0, 0.1) is 16.0 Å². The van der Waals surface area contributed by atoms with E-state index in [4.69, 9.17) is 16.3 Å². The molecule has 1 fully saturated rings. The molecular weight excluding hydrogens is 258 g/mol. The third-order valence-corrected chi connectivity index (χ3v) is 3.20. The first-order valence-electron chi connectivity index (χ1n) is 5.65. The Morgan fingerprint density at radius 2 is 2.33 bits per heavy atom. The number of nitro benzene ring substituents is 1. The smallest absolute Gasteiger partial charge is 0.309 e. The van der Waals surface area contributed by atoms with Crippen molar-refractivity contribution < 1.29 is 14.5 Å². The Morgan fingerprint density at radius 1 is 1.61 bits per heavy atom. The number of benzene rings is 1. The van der Waals surface area contributed by atoms with E-state index in [2.05, 4.69) is 0 Å². The van der Waals surface area contributed by atoms with Crippen LogP contribution in [0.1, 0.15) is 24.8 Å². The van der Waals surface area contributed by atoms with Crippen LogP contribution in [-0.2, 0) is 9.53 Å². The number of hydrogen-bond acceptors (Lipinski definition) is 4. The van der Waals surface area contributed by atoms with Crippen LogP contribution in [0.15, 0.2) is 18.2 Å². The molecule has 1 aromatic carbocycles. The molecule has 96 valence electrons. The summed E-state index contributed by atoms with van der Waals surface area (Å²) in [7, 11) is 0. The predicted octanol–water partition coefficient (Wildman–Crippen LogP) is 2.91. The molecule has 5 nitrogen and oxygen atoms in total.